The average molecular weight is 473 g/mol. The van der Waals surface area contributed by atoms with Crippen LogP contribution >= 0.6 is 0 Å². The number of hydrogen-bond acceptors (Lipinski definition) is 7. The lowest BCUT2D eigenvalue weighted by atomic mass is 10.2. The molecule has 11 heteroatoms. The number of fused-ring (bicyclic) bond motifs is 1. The lowest BCUT2D eigenvalue weighted by Crippen LogP contribution is -2.28. The predicted molar refractivity (Wildman–Crippen MR) is 122 cm³/mol. The highest BCUT2D eigenvalue weighted by molar-refractivity contribution is 7.89. The van der Waals surface area contributed by atoms with Gasteiger partial charge in [-0.2, -0.15) is 4.31 Å². The van der Waals surface area contributed by atoms with Gasteiger partial charge in [0.2, 0.25) is 15.9 Å². The SMILES string of the molecule is COc1cc2ncn(CC(=O)Nc3ccc(S(=O)(=O)N4CCCC4)cc3)c(=O)c2cc1OC. The molecule has 1 saturated heterocycles. The predicted octanol–water partition coefficient (Wildman–Crippen LogP) is 1.84. The van der Waals surface area contributed by atoms with Crippen molar-refractivity contribution in [1.82, 2.24) is 13.9 Å². The summed E-state index contributed by atoms with van der Waals surface area (Å²) < 4.78 is 38.4. The zero-order valence-electron chi connectivity index (χ0n) is 18.3. The summed E-state index contributed by atoms with van der Waals surface area (Å²) >= 11 is 0. The number of hydrogen-bond donors (Lipinski definition) is 1. The van der Waals surface area contributed by atoms with Crippen LogP contribution in [0.4, 0.5) is 5.69 Å². The fraction of sp³-hybridized carbons (Fsp3) is 0.318. The van der Waals surface area contributed by atoms with E-state index in [0.29, 0.717) is 41.2 Å². The number of nitrogens with one attached hydrogen (secondary N) is 1. The Morgan fingerprint density at radius 2 is 1.70 bits per heavy atom. The van der Waals surface area contributed by atoms with Crippen molar-refractivity contribution in [2.24, 2.45) is 0 Å². The molecule has 1 amide bonds. The van der Waals surface area contributed by atoms with E-state index in [1.54, 1.807) is 6.07 Å². The summed E-state index contributed by atoms with van der Waals surface area (Å²) in [5, 5.41) is 2.97. The summed E-state index contributed by atoms with van der Waals surface area (Å²) in [6.07, 6.45) is 3.01. The van der Waals surface area contributed by atoms with Crippen molar-refractivity contribution in [3.63, 3.8) is 0 Å². The van der Waals surface area contributed by atoms with E-state index < -0.39 is 21.5 Å². The van der Waals surface area contributed by atoms with Crippen molar-refractivity contribution in [1.29, 1.82) is 0 Å². The number of carbonyl (C=O) groups is 1. The number of anilines is 1. The Hall–Kier alpha value is -3.44. The molecule has 3 aromatic rings. The molecule has 0 radical (unpaired) electrons. The molecule has 0 bridgehead atoms. The van der Waals surface area contributed by atoms with E-state index in [9.17, 15) is 18.0 Å². The average Bonchev–Trinajstić information content (AvgIpc) is 3.36. The van der Waals surface area contributed by atoms with E-state index >= 15 is 0 Å². The Balaban J connectivity index is 1.49. The van der Waals surface area contributed by atoms with Gasteiger partial charge in [0.25, 0.3) is 5.56 Å². The van der Waals surface area contributed by atoms with Crippen LogP contribution in [-0.2, 0) is 21.4 Å². The summed E-state index contributed by atoms with van der Waals surface area (Å²) in [6.45, 7) is 0.784. The number of sulfonamides is 1. The molecule has 2 aromatic carbocycles. The Labute approximate surface area is 190 Å². The molecular formula is C22H24N4O6S. The number of aromatic nitrogens is 2. The minimum Gasteiger partial charge on any atom is -0.493 e. The Morgan fingerprint density at radius 1 is 1.06 bits per heavy atom. The normalized spacial score (nSPS) is 14.4. The minimum absolute atomic E-state index is 0.182. The maximum atomic E-state index is 12.8. The molecule has 1 aliphatic heterocycles. The lowest BCUT2D eigenvalue weighted by Gasteiger charge is -2.15. The molecule has 1 aromatic heterocycles. The molecule has 33 heavy (non-hydrogen) atoms. The lowest BCUT2D eigenvalue weighted by molar-refractivity contribution is -0.116. The Bertz CT molecular complexity index is 1350. The second-order valence-electron chi connectivity index (χ2n) is 7.59. The number of rotatable bonds is 7. The molecule has 174 valence electrons. The van der Waals surface area contributed by atoms with Gasteiger partial charge in [-0.1, -0.05) is 0 Å². The van der Waals surface area contributed by atoms with Crippen molar-refractivity contribution in [3.8, 4) is 11.5 Å². The van der Waals surface area contributed by atoms with E-state index in [4.69, 9.17) is 9.47 Å². The number of nitrogens with zero attached hydrogens (tertiary/aromatic N) is 3. The summed E-state index contributed by atoms with van der Waals surface area (Å²) in [5.74, 6) is 0.381. The molecule has 4 rings (SSSR count). The topological polar surface area (TPSA) is 120 Å². The van der Waals surface area contributed by atoms with Gasteiger partial charge < -0.3 is 14.8 Å². The Morgan fingerprint density at radius 3 is 2.33 bits per heavy atom. The van der Waals surface area contributed by atoms with Crippen LogP contribution in [0.15, 0.2) is 52.4 Å². The van der Waals surface area contributed by atoms with Gasteiger partial charge in [0, 0.05) is 24.8 Å². The van der Waals surface area contributed by atoms with Crippen molar-refractivity contribution in [3.05, 3.63) is 53.1 Å². The van der Waals surface area contributed by atoms with Crippen LogP contribution in [0.3, 0.4) is 0 Å². The maximum Gasteiger partial charge on any atom is 0.261 e. The van der Waals surface area contributed by atoms with Gasteiger partial charge in [-0.25, -0.2) is 13.4 Å². The van der Waals surface area contributed by atoms with E-state index in [1.165, 1.54) is 59.8 Å². The van der Waals surface area contributed by atoms with E-state index in [1.807, 2.05) is 0 Å². The van der Waals surface area contributed by atoms with Crippen LogP contribution in [0.1, 0.15) is 12.8 Å². The van der Waals surface area contributed by atoms with Gasteiger partial charge in [0.15, 0.2) is 11.5 Å². The first-order valence-electron chi connectivity index (χ1n) is 10.3. The fourth-order valence-corrected chi connectivity index (χ4v) is 5.26. The molecule has 0 unspecified atom stereocenters. The molecule has 2 heterocycles. The van der Waals surface area contributed by atoms with Crippen LogP contribution in [0, 0.1) is 0 Å². The van der Waals surface area contributed by atoms with Crippen LogP contribution in [0.2, 0.25) is 0 Å². The minimum atomic E-state index is -3.52. The number of benzene rings is 2. The van der Waals surface area contributed by atoms with Crippen molar-refractivity contribution >= 4 is 32.5 Å². The first-order chi connectivity index (χ1) is 15.8. The smallest absolute Gasteiger partial charge is 0.261 e. The zero-order valence-corrected chi connectivity index (χ0v) is 19.1. The third-order valence-electron chi connectivity index (χ3n) is 5.48. The number of ether oxygens (including phenoxy) is 2. The van der Waals surface area contributed by atoms with Crippen LogP contribution < -0.4 is 20.3 Å². The molecule has 10 nitrogen and oxygen atoms in total. The van der Waals surface area contributed by atoms with Gasteiger partial charge in [-0.3, -0.25) is 14.2 Å². The van der Waals surface area contributed by atoms with Gasteiger partial charge in [0.05, 0.1) is 36.3 Å². The maximum absolute atomic E-state index is 12.8. The summed E-state index contributed by atoms with van der Waals surface area (Å²) in [5.41, 5.74) is 0.445. The number of carbonyl (C=O) groups excluding carboxylic acids is 1. The van der Waals surface area contributed by atoms with Crippen LogP contribution in [0.5, 0.6) is 11.5 Å². The van der Waals surface area contributed by atoms with E-state index in [-0.39, 0.29) is 11.4 Å². The highest BCUT2D eigenvalue weighted by Gasteiger charge is 2.27. The highest BCUT2D eigenvalue weighted by atomic mass is 32.2. The van der Waals surface area contributed by atoms with Gasteiger partial charge in [0.1, 0.15) is 6.54 Å². The summed E-state index contributed by atoms with van der Waals surface area (Å²) in [4.78, 5) is 29.8. The molecule has 0 saturated carbocycles. The third-order valence-corrected chi connectivity index (χ3v) is 7.40. The quantitative estimate of drug-likeness (QED) is 0.557. The molecule has 1 N–H and O–H groups in total. The van der Waals surface area contributed by atoms with E-state index in [2.05, 4.69) is 10.3 Å². The zero-order chi connectivity index (χ0) is 23.6. The van der Waals surface area contributed by atoms with Crippen molar-refractivity contribution < 1.29 is 22.7 Å². The van der Waals surface area contributed by atoms with Crippen LogP contribution in [-0.4, -0.2) is 55.5 Å². The highest BCUT2D eigenvalue weighted by Crippen LogP contribution is 2.29. The first kappa shape index (κ1) is 22.7. The first-order valence-corrected chi connectivity index (χ1v) is 11.8. The molecule has 0 spiro atoms. The van der Waals surface area contributed by atoms with Gasteiger partial charge in [-0.15, -0.1) is 0 Å². The molecule has 1 aliphatic rings. The second-order valence-corrected chi connectivity index (χ2v) is 9.52. The fourth-order valence-electron chi connectivity index (χ4n) is 3.74. The molecule has 0 aliphatic carbocycles. The Kier molecular flexibility index (Phi) is 6.34. The van der Waals surface area contributed by atoms with E-state index in [0.717, 1.165) is 12.8 Å². The standard InChI is InChI=1S/C22H24N4O6S/c1-31-19-11-17-18(12-20(19)32-2)23-14-25(22(17)28)13-21(27)24-15-5-7-16(8-6-15)33(29,30)26-9-3-4-10-26/h5-8,11-12,14H,3-4,9-10,13H2,1-2H3,(H,24,27). The van der Waals surface area contributed by atoms with Crippen molar-refractivity contribution in [2.45, 2.75) is 24.3 Å². The van der Waals surface area contributed by atoms with Crippen LogP contribution in [0.25, 0.3) is 10.9 Å². The molecule has 0 atom stereocenters. The number of methoxy groups -OCH3 is 2. The third kappa shape index (κ3) is 4.55. The molecular weight excluding hydrogens is 448 g/mol. The van der Waals surface area contributed by atoms with Gasteiger partial charge >= 0.3 is 0 Å². The monoisotopic (exact) mass is 472 g/mol. The summed E-state index contributed by atoms with van der Waals surface area (Å²) in [6, 6.07) is 9.10. The largest absolute Gasteiger partial charge is 0.493 e. The van der Waals surface area contributed by atoms with Gasteiger partial charge in [-0.05, 0) is 43.2 Å². The number of amides is 1. The molecule has 1 fully saturated rings. The summed E-state index contributed by atoms with van der Waals surface area (Å²) in [7, 11) is -0.566. The van der Waals surface area contributed by atoms with Crippen molar-refractivity contribution in [2.75, 3.05) is 32.6 Å². The second kappa shape index (κ2) is 9.20.